The normalized spacial score (nSPS) is 20.9. The molecule has 0 spiro atoms. The fraction of sp³-hybridized carbons (Fsp3) is 0.571. The molecule has 0 bridgehead atoms. The van der Waals surface area contributed by atoms with Crippen molar-refractivity contribution in [1.29, 1.82) is 0 Å². The first kappa shape index (κ1) is 11.6. The molecule has 1 aromatic carbocycles. The van der Waals surface area contributed by atoms with E-state index in [9.17, 15) is 0 Å². The van der Waals surface area contributed by atoms with Gasteiger partial charge in [-0.05, 0) is 38.3 Å². The fourth-order valence-corrected chi connectivity index (χ4v) is 2.08. The molecule has 0 saturated carbocycles. The maximum absolute atomic E-state index is 5.44. The first-order chi connectivity index (χ1) is 7.84. The quantitative estimate of drug-likeness (QED) is 0.839. The van der Waals surface area contributed by atoms with Crippen molar-refractivity contribution in [1.82, 2.24) is 5.32 Å². The van der Waals surface area contributed by atoms with Crippen molar-refractivity contribution < 1.29 is 4.74 Å². The van der Waals surface area contributed by atoms with Gasteiger partial charge in [-0.15, -0.1) is 0 Å². The lowest BCUT2D eigenvalue weighted by molar-refractivity contribution is 0.0707. The molecule has 0 aromatic heterocycles. The molecule has 1 N–H and O–H groups in total. The maximum atomic E-state index is 5.44. The standard InChI is InChI=1S/C14H21NO/c1-12-4-6-13(7-5-12)8-9-15-14-3-2-10-16-11-14/h4-7,14-15H,2-3,8-11H2,1H3. The summed E-state index contributed by atoms with van der Waals surface area (Å²) in [5.41, 5.74) is 2.74. The molecule has 1 atom stereocenters. The third kappa shape index (κ3) is 3.62. The lowest BCUT2D eigenvalue weighted by atomic mass is 10.1. The summed E-state index contributed by atoms with van der Waals surface area (Å²) < 4.78 is 5.44. The topological polar surface area (TPSA) is 21.3 Å². The average molecular weight is 219 g/mol. The van der Waals surface area contributed by atoms with Crippen LogP contribution in [0, 0.1) is 6.92 Å². The second kappa shape index (κ2) is 6.02. The highest BCUT2D eigenvalue weighted by molar-refractivity contribution is 5.21. The number of aryl methyl sites for hydroxylation is 1. The van der Waals surface area contributed by atoms with Crippen LogP contribution in [0.1, 0.15) is 24.0 Å². The summed E-state index contributed by atoms with van der Waals surface area (Å²) in [6.07, 6.45) is 3.56. The van der Waals surface area contributed by atoms with Crippen LogP contribution in [0.2, 0.25) is 0 Å². The predicted octanol–water partition coefficient (Wildman–Crippen LogP) is 2.31. The Morgan fingerprint density at radius 3 is 2.81 bits per heavy atom. The molecule has 1 aliphatic rings. The Labute approximate surface area is 98.0 Å². The molecule has 88 valence electrons. The largest absolute Gasteiger partial charge is 0.380 e. The first-order valence-corrected chi connectivity index (χ1v) is 6.21. The molecule has 0 amide bonds. The molecule has 2 nitrogen and oxygen atoms in total. The second-order valence-electron chi connectivity index (χ2n) is 4.60. The Hall–Kier alpha value is -0.860. The van der Waals surface area contributed by atoms with E-state index in [1.165, 1.54) is 24.0 Å². The lowest BCUT2D eigenvalue weighted by Crippen LogP contribution is -2.37. The summed E-state index contributed by atoms with van der Waals surface area (Å²) in [4.78, 5) is 0. The number of rotatable bonds is 4. The molecule has 1 aromatic rings. The van der Waals surface area contributed by atoms with E-state index in [0.717, 1.165) is 26.2 Å². The highest BCUT2D eigenvalue weighted by atomic mass is 16.5. The van der Waals surface area contributed by atoms with Crippen molar-refractivity contribution in [2.75, 3.05) is 19.8 Å². The number of ether oxygens (including phenoxy) is 1. The van der Waals surface area contributed by atoms with Gasteiger partial charge in [0.15, 0.2) is 0 Å². The minimum Gasteiger partial charge on any atom is -0.380 e. The summed E-state index contributed by atoms with van der Waals surface area (Å²) in [6, 6.07) is 9.36. The molecule has 16 heavy (non-hydrogen) atoms. The van der Waals surface area contributed by atoms with E-state index in [4.69, 9.17) is 4.74 Å². The van der Waals surface area contributed by atoms with E-state index in [1.807, 2.05) is 0 Å². The average Bonchev–Trinajstić information content (AvgIpc) is 2.33. The lowest BCUT2D eigenvalue weighted by Gasteiger charge is -2.23. The third-order valence-corrected chi connectivity index (χ3v) is 3.13. The van der Waals surface area contributed by atoms with Crippen LogP contribution in [-0.4, -0.2) is 25.8 Å². The highest BCUT2D eigenvalue weighted by Gasteiger charge is 2.12. The zero-order chi connectivity index (χ0) is 11.2. The van der Waals surface area contributed by atoms with Gasteiger partial charge in [-0.1, -0.05) is 29.8 Å². The van der Waals surface area contributed by atoms with Crippen LogP contribution >= 0.6 is 0 Å². The Bertz CT molecular complexity index is 301. The Kier molecular flexibility index (Phi) is 4.37. The summed E-state index contributed by atoms with van der Waals surface area (Å²) >= 11 is 0. The van der Waals surface area contributed by atoms with Crippen molar-refractivity contribution in [2.45, 2.75) is 32.2 Å². The van der Waals surface area contributed by atoms with Gasteiger partial charge in [-0.25, -0.2) is 0 Å². The van der Waals surface area contributed by atoms with Crippen LogP contribution in [0.3, 0.4) is 0 Å². The molecule has 1 saturated heterocycles. The van der Waals surface area contributed by atoms with Crippen LogP contribution in [0.25, 0.3) is 0 Å². The van der Waals surface area contributed by atoms with Gasteiger partial charge >= 0.3 is 0 Å². The van der Waals surface area contributed by atoms with E-state index in [2.05, 4.69) is 36.5 Å². The third-order valence-electron chi connectivity index (χ3n) is 3.13. The van der Waals surface area contributed by atoms with Gasteiger partial charge in [0.05, 0.1) is 6.61 Å². The van der Waals surface area contributed by atoms with Crippen LogP contribution < -0.4 is 5.32 Å². The van der Waals surface area contributed by atoms with E-state index in [-0.39, 0.29) is 0 Å². The van der Waals surface area contributed by atoms with E-state index in [0.29, 0.717) is 6.04 Å². The van der Waals surface area contributed by atoms with Crippen LogP contribution in [0.4, 0.5) is 0 Å². The fourth-order valence-electron chi connectivity index (χ4n) is 2.08. The molecular formula is C14H21NO. The van der Waals surface area contributed by atoms with Crippen molar-refractivity contribution in [3.05, 3.63) is 35.4 Å². The molecule has 1 unspecified atom stereocenters. The Morgan fingerprint density at radius 2 is 2.12 bits per heavy atom. The maximum Gasteiger partial charge on any atom is 0.0619 e. The van der Waals surface area contributed by atoms with Gasteiger partial charge in [0.2, 0.25) is 0 Å². The summed E-state index contributed by atoms with van der Waals surface area (Å²) in [7, 11) is 0. The minimum absolute atomic E-state index is 0.569. The van der Waals surface area contributed by atoms with Crippen molar-refractivity contribution in [2.24, 2.45) is 0 Å². The molecular weight excluding hydrogens is 198 g/mol. The van der Waals surface area contributed by atoms with E-state index < -0.39 is 0 Å². The molecule has 2 heteroatoms. The van der Waals surface area contributed by atoms with Gasteiger partial charge in [0.1, 0.15) is 0 Å². The molecule has 1 heterocycles. The van der Waals surface area contributed by atoms with Crippen LogP contribution in [-0.2, 0) is 11.2 Å². The predicted molar refractivity (Wildman–Crippen MR) is 66.7 cm³/mol. The SMILES string of the molecule is Cc1ccc(CCNC2CCCOC2)cc1. The van der Waals surface area contributed by atoms with Crippen LogP contribution in [0.5, 0.6) is 0 Å². The molecule has 1 fully saturated rings. The molecule has 2 rings (SSSR count). The number of nitrogens with one attached hydrogen (secondary N) is 1. The van der Waals surface area contributed by atoms with E-state index >= 15 is 0 Å². The number of benzene rings is 1. The Morgan fingerprint density at radius 1 is 1.31 bits per heavy atom. The zero-order valence-electron chi connectivity index (χ0n) is 10.0. The first-order valence-electron chi connectivity index (χ1n) is 6.21. The minimum atomic E-state index is 0.569. The van der Waals surface area contributed by atoms with Crippen LogP contribution in [0.15, 0.2) is 24.3 Å². The van der Waals surface area contributed by atoms with Gasteiger partial charge < -0.3 is 10.1 Å². The zero-order valence-corrected chi connectivity index (χ0v) is 10.0. The summed E-state index contributed by atoms with van der Waals surface area (Å²) in [6.45, 7) is 5.00. The second-order valence-corrected chi connectivity index (χ2v) is 4.60. The smallest absolute Gasteiger partial charge is 0.0619 e. The van der Waals surface area contributed by atoms with Crippen molar-refractivity contribution >= 4 is 0 Å². The van der Waals surface area contributed by atoms with Gasteiger partial charge in [-0.2, -0.15) is 0 Å². The summed E-state index contributed by atoms with van der Waals surface area (Å²) in [5, 5.41) is 3.56. The van der Waals surface area contributed by atoms with Crippen molar-refractivity contribution in [3.8, 4) is 0 Å². The molecule has 0 aliphatic carbocycles. The van der Waals surface area contributed by atoms with Gasteiger partial charge in [-0.3, -0.25) is 0 Å². The van der Waals surface area contributed by atoms with Gasteiger partial charge in [0, 0.05) is 12.6 Å². The number of hydrogen-bond acceptors (Lipinski definition) is 2. The monoisotopic (exact) mass is 219 g/mol. The molecule has 0 radical (unpaired) electrons. The van der Waals surface area contributed by atoms with Crippen molar-refractivity contribution in [3.63, 3.8) is 0 Å². The Balaban J connectivity index is 1.69. The summed E-state index contributed by atoms with van der Waals surface area (Å²) in [5.74, 6) is 0. The highest BCUT2D eigenvalue weighted by Crippen LogP contribution is 2.07. The number of hydrogen-bond donors (Lipinski definition) is 1. The van der Waals surface area contributed by atoms with Gasteiger partial charge in [0.25, 0.3) is 0 Å². The molecule has 1 aliphatic heterocycles. The van der Waals surface area contributed by atoms with E-state index in [1.54, 1.807) is 0 Å².